The van der Waals surface area contributed by atoms with Crippen LogP contribution < -0.4 is 5.32 Å². The minimum absolute atomic E-state index is 0.291. The topological polar surface area (TPSA) is 21.3 Å². The third-order valence-electron chi connectivity index (χ3n) is 2.59. The van der Waals surface area contributed by atoms with Crippen molar-refractivity contribution in [1.82, 2.24) is 5.32 Å². The molecular formula is C15H24BrNOS. The third kappa shape index (κ3) is 7.35. The Morgan fingerprint density at radius 2 is 2.05 bits per heavy atom. The van der Waals surface area contributed by atoms with Gasteiger partial charge in [0.25, 0.3) is 0 Å². The van der Waals surface area contributed by atoms with Gasteiger partial charge in [-0.1, -0.05) is 19.1 Å². The van der Waals surface area contributed by atoms with Crippen LogP contribution in [0.25, 0.3) is 0 Å². The molecule has 1 N–H and O–H groups in total. The van der Waals surface area contributed by atoms with E-state index in [0.29, 0.717) is 12.1 Å². The highest BCUT2D eigenvalue weighted by Gasteiger charge is 2.10. The van der Waals surface area contributed by atoms with Crippen molar-refractivity contribution < 1.29 is 4.74 Å². The van der Waals surface area contributed by atoms with E-state index in [-0.39, 0.29) is 0 Å². The third-order valence-corrected chi connectivity index (χ3v) is 4.78. The van der Waals surface area contributed by atoms with Crippen LogP contribution >= 0.6 is 27.7 Å². The largest absolute Gasteiger partial charge is 0.377 e. The van der Waals surface area contributed by atoms with Crippen LogP contribution in [-0.4, -0.2) is 31.1 Å². The zero-order chi connectivity index (χ0) is 14.1. The molecule has 0 fully saturated rings. The maximum absolute atomic E-state index is 5.73. The zero-order valence-corrected chi connectivity index (χ0v) is 14.4. The minimum Gasteiger partial charge on any atom is -0.377 e. The van der Waals surface area contributed by atoms with E-state index >= 15 is 0 Å². The van der Waals surface area contributed by atoms with Crippen molar-refractivity contribution in [2.24, 2.45) is 0 Å². The minimum atomic E-state index is 0.291. The molecule has 1 aromatic rings. The molecule has 0 heterocycles. The first-order chi connectivity index (χ1) is 9.13. The van der Waals surface area contributed by atoms with Gasteiger partial charge in [-0.2, -0.15) is 0 Å². The predicted octanol–water partition coefficient (Wildman–Crippen LogP) is 4.33. The van der Waals surface area contributed by atoms with Crippen LogP contribution in [-0.2, 0) is 4.74 Å². The van der Waals surface area contributed by atoms with Crippen molar-refractivity contribution >= 4 is 27.7 Å². The Labute approximate surface area is 129 Å². The van der Waals surface area contributed by atoms with E-state index in [2.05, 4.69) is 60.2 Å². The van der Waals surface area contributed by atoms with Gasteiger partial charge in [0.15, 0.2) is 0 Å². The van der Waals surface area contributed by atoms with Crippen LogP contribution in [0.5, 0.6) is 0 Å². The van der Waals surface area contributed by atoms with E-state index < -0.39 is 0 Å². The number of halogens is 1. The summed E-state index contributed by atoms with van der Waals surface area (Å²) in [4.78, 5) is 1.29. The molecule has 108 valence electrons. The number of hydrogen-bond acceptors (Lipinski definition) is 3. The summed E-state index contributed by atoms with van der Waals surface area (Å²) in [7, 11) is 0. The van der Waals surface area contributed by atoms with E-state index in [1.54, 1.807) is 0 Å². The number of hydrogen-bond donors (Lipinski definition) is 1. The van der Waals surface area contributed by atoms with Crippen molar-refractivity contribution in [2.45, 2.75) is 44.2 Å². The molecule has 4 heteroatoms. The average Bonchev–Trinajstić information content (AvgIpc) is 2.39. The van der Waals surface area contributed by atoms with Crippen LogP contribution in [0.1, 0.15) is 27.2 Å². The average molecular weight is 346 g/mol. The Kier molecular flexibility index (Phi) is 8.79. The van der Waals surface area contributed by atoms with Crippen LogP contribution in [0.15, 0.2) is 33.6 Å². The molecule has 1 rings (SSSR count). The quantitative estimate of drug-likeness (QED) is 0.673. The second kappa shape index (κ2) is 9.81. The van der Waals surface area contributed by atoms with Crippen molar-refractivity contribution in [3.05, 3.63) is 28.7 Å². The van der Waals surface area contributed by atoms with Crippen LogP contribution in [0.3, 0.4) is 0 Å². The second-order valence-corrected chi connectivity index (χ2v) is 6.69. The van der Waals surface area contributed by atoms with Crippen molar-refractivity contribution in [3.8, 4) is 0 Å². The van der Waals surface area contributed by atoms with Crippen LogP contribution in [0.2, 0.25) is 0 Å². The summed E-state index contributed by atoms with van der Waals surface area (Å²) in [5.74, 6) is 1.02. The molecule has 0 saturated heterocycles. The summed E-state index contributed by atoms with van der Waals surface area (Å²) in [5.41, 5.74) is 0. The number of thioether (sulfide) groups is 1. The molecule has 0 aliphatic rings. The smallest absolute Gasteiger partial charge is 0.0631 e. The number of nitrogens with one attached hydrogen (secondary N) is 1. The Hall–Kier alpha value is -0.0300. The summed E-state index contributed by atoms with van der Waals surface area (Å²) < 4.78 is 6.90. The maximum atomic E-state index is 5.73. The molecule has 0 spiro atoms. The molecule has 0 amide bonds. The summed E-state index contributed by atoms with van der Waals surface area (Å²) in [6.07, 6.45) is 1.44. The Morgan fingerprint density at radius 1 is 1.32 bits per heavy atom. The van der Waals surface area contributed by atoms with Gasteiger partial charge in [-0.25, -0.2) is 0 Å². The number of benzene rings is 1. The molecule has 0 radical (unpaired) electrons. The lowest BCUT2D eigenvalue weighted by Gasteiger charge is -2.20. The highest BCUT2D eigenvalue weighted by molar-refractivity contribution is 9.10. The summed E-state index contributed by atoms with van der Waals surface area (Å²) >= 11 is 5.46. The first-order valence-electron chi connectivity index (χ1n) is 6.85. The van der Waals surface area contributed by atoms with Gasteiger partial charge in [-0.15, -0.1) is 11.8 Å². The molecule has 1 atom stereocenters. The summed E-state index contributed by atoms with van der Waals surface area (Å²) in [6, 6.07) is 8.75. The molecule has 0 saturated carbocycles. The normalized spacial score (nSPS) is 12.9. The highest BCUT2D eigenvalue weighted by atomic mass is 79.9. The Morgan fingerprint density at radius 3 is 2.68 bits per heavy atom. The van der Waals surface area contributed by atoms with Crippen molar-refractivity contribution in [1.29, 1.82) is 0 Å². The molecule has 19 heavy (non-hydrogen) atoms. The Bertz CT molecular complexity index is 360. The lowest BCUT2D eigenvalue weighted by molar-refractivity contribution is 0.0655. The van der Waals surface area contributed by atoms with Crippen LogP contribution in [0, 0.1) is 0 Å². The van der Waals surface area contributed by atoms with Gasteiger partial charge in [0.2, 0.25) is 0 Å². The fourth-order valence-corrected chi connectivity index (χ4v) is 3.18. The first-order valence-corrected chi connectivity index (χ1v) is 8.63. The maximum Gasteiger partial charge on any atom is 0.0631 e. The van der Waals surface area contributed by atoms with Gasteiger partial charge in [0, 0.05) is 21.2 Å². The summed E-state index contributed by atoms with van der Waals surface area (Å²) in [5, 5.41) is 3.55. The lowest BCUT2D eigenvalue weighted by Crippen LogP contribution is -2.37. The van der Waals surface area contributed by atoms with E-state index in [9.17, 15) is 0 Å². The molecule has 0 aromatic heterocycles. The van der Waals surface area contributed by atoms with Gasteiger partial charge in [0.1, 0.15) is 0 Å². The molecule has 0 aliphatic heterocycles. The van der Waals surface area contributed by atoms with Gasteiger partial charge >= 0.3 is 0 Å². The molecule has 1 unspecified atom stereocenters. The molecule has 2 nitrogen and oxygen atoms in total. The zero-order valence-electron chi connectivity index (χ0n) is 12.0. The van der Waals surface area contributed by atoms with E-state index in [1.165, 1.54) is 9.37 Å². The number of ether oxygens (including phenoxy) is 1. The monoisotopic (exact) mass is 345 g/mol. The number of rotatable bonds is 9. The lowest BCUT2D eigenvalue weighted by atomic mass is 10.3. The summed E-state index contributed by atoms with van der Waals surface area (Å²) in [6.45, 7) is 8.17. The Balaban J connectivity index is 2.45. The first kappa shape index (κ1) is 17.0. The van der Waals surface area contributed by atoms with Gasteiger partial charge in [-0.3, -0.25) is 0 Å². The fourth-order valence-electron chi connectivity index (χ4n) is 1.58. The standard InChI is InChI=1S/C15H24BrNOS/c1-4-9-17-13(10-18-12(2)3)11-19-15-8-6-5-7-14(15)16/h5-8,12-13,17H,4,9-11H2,1-3H3. The second-order valence-electron chi connectivity index (χ2n) is 4.77. The van der Waals surface area contributed by atoms with Crippen molar-refractivity contribution in [3.63, 3.8) is 0 Å². The van der Waals surface area contributed by atoms with Gasteiger partial charge < -0.3 is 10.1 Å². The van der Waals surface area contributed by atoms with Gasteiger partial charge in [-0.05, 0) is 54.9 Å². The van der Waals surface area contributed by atoms with Gasteiger partial charge in [0.05, 0.1) is 12.7 Å². The van der Waals surface area contributed by atoms with E-state index in [1.807, 2.05) is 17.8 Å². The molecular weight excluding hydrogens is 322 g/mol. The molecule has 0 bridgehead atoms. The predicted molar refractivity (Wildman–Crippen MR) is 88.0 cm³/mol. The SMILES string of the molecule is CCCNC(COC(C)C)CSc1ccccc1Br. The van der Waals surface area contributed by atoms with Crippen LogP contribution in [0.4, 0.5) is 0 Å². The fraction of sp³-hybridized carbons (Fsp3) is 0.600. The molecule has 1 aromatic carbocycles. The van der Waals surface area contributed by atoms with Crippen molar-refractivity contribution in [2.75, 3.05) is 18.9 Å². The molecule has 0 aliphatic carbocycles. The van der Waals surface area contributed by atoms with E-state index in [0.717, 1.165) is 25.3 Å². The highest BCUT2D eigenvalue weighted by Crippen LogP contribution is 2.27. The van der Waals surface area contributed by atoms with E-state index in [4.69, 9.17) is 4.74 Å².